The highest BCUT2D eigenvalue weighted by Gasteiger charge is 2.15. The topological polar surface area (TPSA) is 34.1 Å². The van der Waals surface area contributed by atoms with Gasteiger partial charge in [0, 0.05) is 11.1 Å². The van der Waals surface area contributed by atoms with Gasteiger partial charge in [0.15, 0.2) is 12.1 Å². The van der Waals surface area contributed by atoms with Crippen molar-refractivity contribution in [2.24, 2.45) is 0 Å². The molecule has 0 aromatic heterocycles. The van der Waals surface area contributed by atoms with E-state index in [0.717, 1.165) is 17.4 Å². The zero-order valence-corrected chi connectivity index (χ0v) is 8.36. The monoisotopic (exact) mass is 198 g/mol. The van der Waals surface area contributed by atoms with Crippen molar-refractivity contribution < 1.29 is 9.59 Å². The summed E-state index contributed by atoms with van der Waals surface area (Å²) in [5, 5.41) is 0. The van der Waals surface area contributed by atoms with Crippen LogP contribution in [0.5, 0.6) is 0 Å². The molecule has 0 N–H and O–H groups in total. The molecule has 0 saturated heterocycles. The Hall–Kier alpha value is -1.96. The number of aldehydes is 1. The Kier molecular flexibility index (Phi) is 2.34. The van der Waals surface area contributed by atoms with Crippen LogP contribution in [0.1, 0.15) is 38.8 Å². The zero-order chi connectivity index (χ0) is 10.8. The van der Waals surface area contributed by atoms with E-state index in [1.807, 2.05) is 19.1 Å². The minimum absolute atomic E-state index is 0.00759. The van der Waals surface area contributed by atoms with Crippen molar-refractivity contribution in [1.29, 1.82) is 0 Å². The van der Waals surface area contributed by atoms with Crippen LogP contribution in [0.3, 0.4) is 0 Å². The number of benzene rings is 1. The minimum atomic E-state index is 0.00759. The van der Waals surface area contributed by atoms with Gasteiger partial charge in [-0.3, -0.25) is 9.59 Å². The molecular weight excluding hydrogens is 188 g/mol. The Morgan fingerprint density at radius 1 is 1.13 bits per heavy atom. The maximum atomic E-state index is 11.4. The molecule has 0 atom stereocenters. The van der Waals surface area contributed by atoms with Crippen LogP contribution >= 0.6 is 0 Å². The first-order valence-electron chi connectivity index (χ1n) is 4.74. The quantitative estimate of drug-likeness (QED) is 0.685. The van der Waals surface area contributed by atoms with Crippen LogP contribution in [-0.2, 0) is 0 Å². The molecule has 2 heteroatoms. The van der Waals surface area contributed by atoms with E-state index in [1.165, 1.54) is 6.08 Å². The summed E-state index contributed by atoms with van der Waals surface area (Å²) in [7, 11) is 0. The van der Waals surface area contributed by atoms with Crippen molar-refractivity contribution in [3.05, 3.63) is 46.5 Å². The van der Waals surface area contributed by atoms with Gasteiger partial charge < -0.3 is 0 Å². The molecule has 1 aromatic rings. The van der Waals surface area contributed by atoms with E-state index in [-0.39, 0.29) is 5.78 Å². The summed E-state index contributed by atoms with van der Waals surface area (Å²) in [6, 6.07) is 3.51. The molecule has 0 amide bonds. The lowest BCUT2D eigenvalue weighted by Gasteiger charge is -2.03. The largest absolute Gasteiger partial charge is 0.298 e. The highest BCUT2D eigenvalue weighted by Crippen LogP contribution is 2.24. The fraction of sp³-hybridized carbons (Fsp3) is 0.0769. The van der Waals surface area contributed by atoms with Gasteiger partial charge in [0.05, 0.1) is 0 Å². The molecule has 0 aliphatic heterocycles. The van der Waals surface area contributed by atoms with Gasteiger partial charge in [-0.15, -0.1) is 0 Å². The molecule has 0 unspecified atom stereocenters. The Labute approximate surface area is 87.9 Å². The third kappa shape index (κ3) is 1.54. The van der Waals surface area contributed by atoms with Crippen LogP contribution < -0.4 is 0 Å². The van der Waals surface area contributed by atoms with Gasteiger partial charge in [-0.05, 0) is 36.3 Å². The maximum Gasteiger partial charge on any atom is 0.186 e. The predicted molar refractivity (Wildman–Crippen MR) is 59.9 cm³/mol. The van der Waals surface area contributed by atoms with Crippen LogP contribution in [-0.4, -0.2) is 12.1 Å². The molecular formula is C13H10O2. The SMILES string of the molecule is C/C=C\c1cc2c(cc1C=O)C=CC2=O. The first-order chi connectivity index (χ1) is 7.26. The summed E-state index contributed by atoms with van der Waals surface area (Å²) in [5.74, 6) is 0.00759. The first-order valence-corrected chi connectivity index (χ1v) is 4.74. The number of fused-ring (bicyclic) bond motifs is 1. The zero-order valence-electron chi connectivity index (χ0n) is 8.36. The molecule has 1 aliphatic carbocycles. The van der Waals surface area contributed by atoms with E-state index < -0.39 is 0 Å². The van der Waals surface area contributed by atoms with Gasteiger partial charge in [-0.25, -0.2) is 0 Å². The predicted octanol–water partition coefficient (Wildman–Crippen LogP) is 2.74. The lowest BCUT2D eigenvalue weighted by atomic mass is 10.00. The Balaban J connectivity index is 2.64. The molecule has 0 radical (unpaired) electrons. The van der Waals surface area contributed by atoms with E-state index in [0.29, 0.717) is 11.1 Å². The Morgan fingerprint density at radius 2 is 1.93 bits per heavy atom. The molecule has 74 valence electrons. The van der Waals surface area contributed by atoms with Gasteiger partial charge in [0.25, 0.3) is 0 Å². The lowest BCUT2D eigenvalue weighted by molar-refractivity contribution is 0.104. The van der Waals surface area contributed by atoms with Crippen molar-refractivity contribution in [2.45, 2.75) is 6.92 Å². The molecule has 0 fully saturated rings. The number of carbonyl (C=O) groups excluding carboxylic acids is 2. The minimum Gasteiger partial charge on any atom is -0.298 e. The third-order valence-corrected chi connectivity index (χ3v) is 2.41. The van der Waals surface area contributed by atoms with Crippen molar-refractivity contribution in [2.75, 3.05) is 0 Å². The second-order valence-electron chi connectivity index (χ2n) is 3.38. The van der Waals surface area contributed by atoms with Crippen molar-refractivity contribution in [3.63, 3.8) is 0 Å². The summed E-state index contributed by atoms with van der Waals surface area (Å²) in [6.07, 6.45) is 7.76. The molecule has 2 nitrogen and oxygen atoms in total. The van der Waals surface area contributed by atoms with Gasteiger partial charge in [-0.2, -0.15) is 0 Å². The standard InChI is InChI=1S/C13H10O2/c1-2-3-9-7-12-10(4-5-13(12)15)6-11(9)8-14/h2-8H,1H3/b3-2-. The summed E-state index contributed by atoms with van der Waals surface area (Å²) in [4.78, 5) is 22.3. The first kappa shape index (κ1) is 9.59. The fourth-order valence-corrected chi connectivity index (χ4v) is 1.68. The van der Waals surface area contributed by atoms with E-state index in [4.69, 9.17) is 0 Å². The molecule has 0 heterocycles. The van der Waals surface area contributed by atoms with E-state index in [2.05, 4.69) is 0 Å². The van der Waals surface area contributed by atoms with E-state index >= 15 is 0 Å². The van der Waals surface area contributed by atoms with Gasteiger partial charge in [0.2, 0.25) is 0 Å². The molecule has 2 rings (SSSR count). The molecule has 1 aromatic carbocycles. The Bertz CT molecular complexity index is 494. The van der Waals surface area contributed by atoms with Crippen LogP contribution in [0.4, 0.5) is 0 Å². The molecule has 15 heavy (non-hydrogen) atoms. The van der Waals surface area contributed by atoms with Crippen LogP contribution in [0.25, 0.3) is 12.2 Å². The van der Waals surface area contributed by atoms with Gasteiger partial charge in [0.1, 0.15) is 0 Å². The Morgan fingerprint density at radius 3 is 2.60 bits per heavy atom. The average Bonchev–Trinajstić information content (AvgIpc) is 2.60. The number of carbonyl (C=O) groups is 2. The van der Waals surface area contributed by atoms with Crippen LogP contribution in [0.15, 0.2) is 24.3 Å². The molecule has 1 aliphatic rings. The van der Waals surface area contributed by atoms with Gasteiger partial charge in [-0.1, -0.05) is 18.2 Å². The molecule has 0 saturated carbocycles. The smallest absolute Gasteiger partial charge is 0.186 e. The summed E-state index contributed by atoms with van der Waals surface area (Å²) in [6.45, 7) is 1.88. The normalized spacial score (nSPS) is 13.5. The maximum absolute atomic E-state index is 11.4. The lowest BCUT2D eigenvalue weighted by Crippen LogP contribution is -1.96. The molecule has 0 bridgehead atoms. The van der Waals surface area contributed by atoms with E-state index in [1.54, 1.807) is 18.2 Å². The second-order valence-corrected chi connectivity index (χ2v) is 3.38. The van der Waals surface area contributed by atoms with Crippen molar-refractivity contribution >= 4 is 24.2 Å². The number of hydrogen-bond donors (Lipinski definition) is 0. The van der Waals surface area contributed by atoms with Gasteiger partial charge >= 0.3 is 0 Å². The van der Waals surface area contributed by atoms with Crippen molar-refractivity contribution in [3.8, 4) is 0 Å². The highest BCUT2D eigenvalue weighted by atomic mass is 16.1. The number of rotatable bonds is 2. The molecule has 0 spiro atoms. The highest BCUT2D eigenvalue weighted by molar-refractivity contribution is 6.14. The summed E-state index contributed by atoms with van der Waals surface area (Å²) in [5.41, 5.74) is 2.92. The number of hydrogen-bond acceptors (Lipinski definition) is 2. The van der Waals surface area contributed by atoms with Crippen LogP contribution in [0, 0.1) is 0 Å². The summed E-state index contributed by atoms with van der Waals surface area (Å²) < 4.78 is 0. The number of allylic oxidation sites excluding steroid dienone is 2. The van der Waals surface area contributed by atoms with Crippen molar-refractivity contribution in [1.82, 2.24) is 0 Å². The van der Waals surface area contributed by atoms with Crippen LogP contribution in [0.2, 0.25) is 0 Å². The van der Waals surface area contributed by atoms with E-state index in [9.17, 15) is 9.59 Å². The third-order valence-electron chi connectivity index (χ3n) is 2.41. The summed E-state index contributed by atoms with van der Waals surface area (Å²) >= 11 is 0. The average molecular weight is 198 g/mol. The number of ketones is 1. The fourth-order valence-electron chi connectivity index (χ4n) is 1.68. The second kappa shape index (κ2) is 3.65.